The van der Waals surface area contributed by atoms with Crippen LogP contribution in [0.15, 0.2) is 30.3 Å². The third kappa shape index (κ3) is 3.81. The SMILES string of the molecule is C[C@@H]1CN(C(=O)C[C@@H](N)c2ccccc2)CC(C)(C)O1. The monoisotopic (exact) mass is 276 g/mol. The van der Waals surface area contributed by atoms with Crippen molar-refractivity contribution in [3.05, 3.63) is 35.9 Å². The highest BCUT2D eigenvalue weighted by molar-refractivity contribution is 5.77. The van der Waals surface area contributed by atoms with Gasteiger partial charge in [0.15, 0.2) is 0 Å². The molecule has 1 fully saturated rings. The fourth-order valence-corrected chi connectivity index (χ4v) is 2.78. The molecule has 1 amide bonds. The molecule has 0 radical (unpaired) electrons. The Hall–Kier alpha value is -1.39. The van der Waals surface area contributed by atoms with E-state index in [-0.39, 0.29) is 23.7 Å². The first-order valence-electron chi connectivity index (χ1n) is 7.13. The molecule has 4 nitrogen and oxygen atoms in total. The second kappa shape index (κ2) is 5.94. The second-order valence-electron chi connectivity index (χ2n) is 6.18. The lowest BCUT2D eigenvalue weighted by molar-refractivity contribution is -0.158. The van der Waals surface area contributed by atoms with Gasteiger partial charge in [0.25, 0.3) is 0 Å². The normalized spacial score (nSPS) is 23.4. The summed E-state index contributed by atoms with van der Waals surface area (Å²) in [6.07, 6.45) is 0.406. The number of hydrogen-bond donors (Lipinski definition) is 1. The predicted octanol–water partition coefficient (Wildman–Crippen LogP) is 2.10. The maximum absolute atomic E-state index is 12.4. The average molecular weight is 276 g/mol. The zero-order valence-corrected chi connectivity index (χ0v) is 12.5. The minimum absolute atomic E-state index is 0.0654. The van der Waals surface area contributed by atoms with Crippen LogP contribution in [-0.4, -0.2) is 35.6 Å². The van der Waals surface area contributed by atoms with E-state index in [1.807, 2.05) is 56.0 Å². The third-order valence-corrected chi connectivity index (χ3v) is 3.54. The number of nitrogens with two attached hydrogens (primary N) is 1. The van der Waals surface area contributed by atoms with Gasteiger partial charge < -0.3 is 15.4 Å². The maximum atomic E-state index is 12.4. The van der Waals surface area contributed by atoms with Crippen molar-refractivity contribution in [3.63, 3.8) is 0 Å². The van der Waals surface area contributed by atoms with E-state index in [0.717, 1.165) is 5.56 Å². The van der Waals surface area contributed by atoms with Crippen LogP contribution in [0.1, 0.15) is 38.8 Å². The van der Waals surface area contributed by atoms with Crippen molar-refractivity contribution < 1.29 is 9.53 Å². The molecule has 110 valence electrons. The number of hydrogen-bond acceptors (Lipinski definition) is 3. The van der Waals surface area contributed by atoms with Crippen molar-refractivity contribution in [3.8, 4) is 0 Å². The number of amides is 1. The molecule has 0 aromatic heterocycles. The zero-order valence-electron chi connectivity index (χ0n) is 12.5. The van der Waals surface area contributed by atoms with Gasteiger partial charge in [0.05, 0.1) is 11.7 Å². The summed E-state index contributed by atoms with van der Waals surface area (Å²) in [6.45, 7) is 7.29. The van der Waals surface area contributed by atoms with E-state index in [9.17, 15) is 4.79 Å². The molecule has 4 heteroatoms. The molecule has 2 atom stereocenters. The topological polar surface area (TPSA) is 55.6 Å². The predicted molar refractivity (Wildman–Crippen MR) is 79.2 cm³/mol. The van der Waals surface area contributed by atoms with Crippen molar-refractivity contribution in [1.82, 2.24) is 4.90 Å². The van der Waals surface area contributed by atoms with E-state index < -0.39 is 0 Å². The fraction of sp³-hybridized carbons (Fsp3) is 0.562. The van der Waals surface area contributed by atoms with Gasteiger partial charge in [-0.2, -0.15) is 0 Å². The van der Waals surface area contributed by atoms with Crippen LogP contribution in [0.3, 0.4) is 0 Å². The number of morpholine rings is 1. The zero-order chi connectivity index (χ0) is 14.8. The molecule has 1 aromatic carbocycles. The summed E-state index contributed by atoms with van der Waals surface area (Å²) in [4.78, 5) is 14.3. The van der Waals surface area contributed by atoms with Gasteiger partial charge in [-0.25, -0.2) is 0 Å². The highest BCUT2D eigenvalue weighted by Crippen LogP contribution is 2.23. The Morgan fingerprint density at radius 2 is 2.10 bits per heavy atom. The van der Waals surface area contributed by atoms with E-state index >= 15 is 0 Å². The molecule has 1 saturated heterocycles. The Morgan fingerprint density at radius 1 is 1.45 bits per heavy atom. The molecule has 0 bridgehead atoms. The molecule has 2 N–H and O–H groups in total. The fourth-order valence-electron chi connectivity index (χ4n) is 2.78. The van der Waals surface area contributed by atoms with E-state index in [0.29, 0.717) is 19.5 Å². The van der Waals surface area contributed by atoms with Crippen LogP contribution in [0.25, 0.3) is 0 Å². The Kier molecular flexibility index (Phi) is 4.45. The molecule has 2 rings (SSSR count). The smallest absolute Gasteiger partial charge is 0.224 e. The standard InChI is InChI=1S/C16H24N2O2/c1-12-10-18(11-16(2,3)20-12)15(19)9-14(17)13-7-5-4-6-8-13/h4-8,12,14H,9-11,17H2,1-3H3/t12-,14-/m1/s1. The van der Waals surface area contributed by atoms with Crippen molar-refractivity contribution in [2.45, 2.75) is 44.9 Å². The van der Waals surface area contributed by atoms with Gasteiger partial charge in [-0.05, 0) is 26.3 Å². The molecule has 0 spiro atoms. The molecule has 1 heterocycles. The Balaban J connectivity index is 1.98. The molecule has 20 heavy (non-hydrogen) atoms. The van der Waals surface area contributed by atoms with Crippen LogP contribution >= 0.6 is 0 Å². The maximum Gasteiger partial charge on any atom is 0.224 e. The average Bonchev–Trinajstić information content (AvgIpc) is 2.37. The first kappa shape index (κ1) is 15.0. The number of ether oxygens (including phenoxy) is 1. The van der Waals surface area contributed by atoms with Gasteiger partial charge in [-0.15, -0.1) is 0 Å². The van der Waals surface area contributed by atoms with Gasteiger partial charge in [0.2, 0.25) is 5.91 Å². The van der Waals surface area contributed by atoms with Gasteiger partial charge in [0, 0.05) is 25.6 Å². The number of benzene rings is 1. The summed E-state index contributed by atoms with van der Waals surface area (Å²) >= 11 is 0. The Morgan fingerprint density at radius 3 is 2.70 bits per heavy atom. The van der Waals surface area contributed by atoms with Crippen molar-refractivity contribution in [2.75, 3.05) is 13.1 Å². The first-order valence-corrected chi connectivity index (χ1v) is 7.13. The molecule has 0 aliphatic carbocycles. The lowest BCUT2D eigenvalue weighted by Crippen LogP contribution is -2.54. The minimum Gasteiger partial charge on any atom is -0.369 e. The number of carbonyl (C=O) groups is 1. The summed E-state index contributed by atoms with van der Waals surface area (Å²) in [5.41, 5.74) is 6.84. The number of rotatable bonds is 3. The van der Waals surface area contributed by atoms with E-state index in [1.54, 1.807) is 0 Å². The van der Waals surface area contributed by atoms with Crippen molar-refractivity contribution in [2.24, 2.45) is 5.73 Å². The summed E-state index contributed by atoms with van der Waals surface area (Å²) in [5.74, 6) is 0.101. The molecule has 1 aliphatic rings. The molecule has 1 aromatic rings. The van der Waals surface area contributed by atoms with E-state index in [1.165, 1.54) is 0 Å². The van der Waals surface area contributed by atoms with Gasteiger partial charge in [0.1, 0.15) is 0 Å². The largest absolute Gasteiger partial charge is 0.369 e. The van der Waals surface area contributed by atoms with Gasteiger partial charge >= 0.3 is 0 Å². The number of nitrogens with zero attached hydrogens (tertiary/aromatic N) is 1. The van der Waals surface area contributed by atoms with Crippen LogP contribution in [0, 0.1) is 0 Å². The molecule has 0 unspecified atom stereocenters. The van der Waals surface area contributed by atoms with Crippen molar-refractivity contribution in [1.29, 1.82) is 0 Å². The Labute approximate surface area is 120 Å². The highest BCUT2D eigenvalue weighted by atomic mass is 16.5. The van der Waals surface area contributed by atoms with Crippen LogP contribution in [-0.2, 0) is 9.53 Å². The molecule has 1 aliphatic heterocycles. The third-order valence-electron chi connectivity index (χ3n) is 3.54. The lowest BCUT2D eigenvalue weighted by atomic mass is 10.0. The Bertz CT molecular complexity index is 459. The van der Waals surface area contributed by atoms with Gasteiger partial charge in [-0.3, -0.25) is 4.79 Å². The quantitative estimate of drug-likeness (QED) is 0.920. The van der Waals surface area contributed by atoms with E-state index in [2.05, 4.69) is 0 Å². The molecular weight excluding hydrogens is 252 g/mol. The van der Waals surface area contributed by atoms with Crippen LogP contribution in [0.5, 0.6) is 0 Å². The van der Waals surface area contributed by atoms with Crippen LogP contribution in [0.4, 0.5) is 0 Å². The summed E-state index contributed by atoms with van der Waals surface area (Å²) < 4.78 is 5.82. The molecule has 0 saturated carbocycles. The van der Waals surface area contributed by atoms with Crippen LogP contribution < -0.4 is 5.73 Å². The highest BCUT2D eigenvalue weighted by Gasteiger charge is 2.33. The number of carbonyl (C=O) groups excluding carboxylic acids is 1. The lowest BCUT2D eigenvalue weighted by Gasteiger charge is -2.42. The first-order chi connectivity index (χ1) is 9.37. The van der Waals surface area contributed by atoms with Gasteiger partial charge in [-0.1, -0.05) is 30.3 Å². The summed E-state index contributed by atoms with van der Waals surface area (Å²) in [7, 11) is 0. The molecular formula is C16H24N2O2. The van der Waals surface area contributed by atoms with Crippen molar-refractivity contribution >= 4 is 5.91 Å². The van der Waals surface area contributed by atoms with Crippen LogP contribution in [0.2, 0.25) is 0 Å². The summed E-state index contributed by atoms with van der Waals surface area (Å²) in [5, 5.41) is 0. The second-order valence-corrected chi connectivity index (χ2v) is 6.18. The van der Waals surface area contributed by atoms with E-state index in [4.69, 9.17) is 10.5 Å². The minimum atomic E-state index is -0.288. The summed E-state index contributed by atoms with van der Waals surface area (Å²) in [6, 6.07) is 9.52.